The van der Waals surface area contributed by atoms with E-state index in [2.05, 4.69) is 48.7 Å². The van der Waals surface area contributed by atoms with Crippen molar-refractivity contribution in [2.45, 2.75) is 50.3 Å². The Labute approximate surface area is 138 Å². The maximum absolute atomic E-state index is 8.67. The second-order valence-electron chi connectivity index (χ2n) is 5.58. The lowest BCUT2D eigenvalue weighted by atomic mass is 10.0. The molecule has 0 amide bonds. The molecule has 0 aliphatic rings. The molecule has 2 rings (SSSR count). The highest BCUT2D eigenvalue weighted by Gasteiger charge is 2.00. The molecule has 0 saturated carbocycles. The van der Waals surface area contributed by atoms with Gasteiger partial charge in [-0.05, 0) is 53.4 Å². The molecule has 0 aliphatic carbocycles. The molecular formula is C20H23NS. The second-order valence-corrected chi connectivity index (χ2v) is 6.44. The van der Waals surface area contributed by atoms with Crippen LogP contribution in [-0.2, 0) is 6.42 Å². The van der Waals surface area contributed by atoms with E-state index in [-0.39, 0.29) is 0 Å². The zero-order chi connectivity index (χ0) is 15.6. The first-order valence-electron chi connectivity index (χ1n) is 8.09. The van der Waals surface area contributed by atoms with Crippen LogP contribution in [-0.4, -0.2) is 0 Å². The number of nitrogens with zero attached hydrogens (tertiary/aromatic N) is 1. The average molecular weight is 309 g/mol. The van der Waals surface area contributed by atoms with Gasteiger partial charge < -0.3 is 0 Å². The highest BCUT2D eigenvalue weighted by Crippen LogP contribution is 2.24. The third-order valence-electron chi connectivity index (χ3n) is 3.87. The quantitative estimate of drug-likeness (QED) is 0.318. The van der Waals surface area contributed by atoms with Crippen molar-refractivity contribution < 1.29 is 0 Å². The van der Waals surface area contributed by atoms with E-state index in [1.807, 2.05) is 12.1 Å². The number of unbranched alkanes of at least 4 members (excludes halogenated alkanes) is 4. The molecule has 2 aromatic carbocycles. The smallest absolute Gasteiger partial charge is 0.138 e. The van der Waals surface area contributed by atoms with Crippen molar-refractivity contribution in [2.24, 2.45) is 0 Å². The summed E-state index contributed by atoms with van der Waals surface area (Å²) < 4.78 is 0. The Morgan fingerprint density at radius 3 is 2.00 bits per heavy atom. The van der Waals surface area contributed by atoms with Crippen molar-refractivity contribution >= 4 is 11.8 Å². The molecule has 0 bridgehead atoms. The zero-order valence-electron chi connectivity index (χ0n) is 13.2. The molecule has 114 valence electrons. The van der Waals surface area contributed by atoms with Gasteiger partial charge >= 0.3 is 0 Å². The van der Waals surface area contributed by atoms with Crippen LogP contribution in [0.3, 0.4) is 0 Å². The van der Waals surface area contributed by atoms with Crippen LogP contribution in [0.15, 0.2) is 53.4 Å². The minimum absolute atomic E-state index is 0.995. The van der Waals surface area contributed by atoms with Gasteiger partial charge in [-0.15, -0.1) is 0 Å². The highest BCUT2D eigenvalue weighted by atomic mass is 32.2. The van der Waals surface area contributed by atoms with Crippen LogP contribution in [0.4, 0.5) is 0 Å². The summed E-state index contributed by atoms with van der Waals surface area (Å²) >= 11 is 1.20. The minimum Gasteiger partial charge on any atom is -0.185 e. The fourth-order valence-electron chi connectivity index (χ4n) is 2.56. The summed E-state index contributed by atoms with van der Waals surface area (Å²) in [6.07, 6.45) is 7.84. The standard InChI is InChI=1S/C20H23NS/c1-2-3-4-5-6-7-17-8-10-18(11-9-17)19-12-14-20(15-13-19)22-16-21/h8-15H,2-7H2,1H3. The van der Waals surface area contributed by atoms with E-state index in [0.717, 1.165) is 4.90 Å². The third kappa shape index (κ3) is 5.24. The van der Waals surface area contributed by atoms with Gasteiger partial charge in [-0.3, -0.25) is 0 Å². The number of benzene rings is 2. The third-order valence-corrected chi connectivity index (χ3v) is 4.47. The molecule has 0 N–H and O–H groups in total. The Morgan fingerprint density at radius 1 is 0.818 bits per heavy atom. The molecule has 0 saturated heterocycles. The van der Waals surface area contributed by atoms with Crippen LogP contribution in [0.2, 0.25) is 0 Å². The van der Waals surface area contributed by atoms with Crippen molar-refractivity contribution in [1.29, 1.82) is 5.26 Å². The molecular weight excluding hydrogens is 286 g/mol. The first-order valence-corrected chi connectivity index (χ1v) is 8.90. The topological polar surface area (TPSA) is 23.8 Å². The summed E-state index contributed by atoms with van der Waals surface area (Å²) in [4.78, 5) is 0.995. The van der Waals surface area contributed by atoms with Gasteiger partial charge in [0.1, 0.15) is 5.40 Å². The number of thioether (sulfide) groups is 1. The van der Waals surface area contributed by atoms with Crippen LogP contribution >= 0.6 is 11.8 Å². The molecule has 0 heterocycles. The van der Waals surface area contributed by atoms with Gasteiger partial charge in [-0.1, -0.05) is 69.0 Å². The van der Waals surface area contributed by atoms with Crippen molar-refractivity contribution in [1.82, 2.24) is 0 Å². The van der Waals surface area contributed by atoms with Gasteiger partial charge in [0.25, 0.3) is 0 Å². The van der Waals surface area contributed by atoms with Crippen LogP contribution in [0.5, 0.6) is 0 Å². The monoisotopic (exact) mass is 309 g/mol. The van der Waals surface area contributed by atoms with E-state index < -0.39 is 0 Å². The van der Waals surface area contributed by atoms with Gasteiger partial charge in [0, 0.05) is 4.90 Å². The average Bonchev–Trinajstić information content (AvgIpc) is 2.56. The predicted octanol–water partition coefficient (Wildman–Crippen LogP) is 6.44. The van der Waals surface area contributed by atoms with Gasteiger partial charge in [0.15, 0.2) is 0 Å². The number of thiocyanates is 1. The number of hydrogen-bond acceptors (Lipinski definition) is 2. The summed E-state index contributed by atoms with van der Waals surface area (Å²) in [5.74, 6) is 0. The highest BCUT2D eigenvalue weighted by molar-refractivity contribution is 8.03. The minimum atomic E-state index is 0.995. The van der Waals surface area contributed by atoms with E-state index in [9.17, 15) is 0 Å². The molecule has 2 heteroatoms. The molecule has 2 aromatic rings. The summed E-state index contributed by atoms with van der Waals surface area (Å²) in [6, 6.07) is 17.1. The summed E-state index contributed by atoms with van der Waals surface area (Å²) in [5.41, 5.74) is 3.87. The second kappa shape index (κ2) is 9.33. The lowest BCUT2D eigenvalue weighted by Gasteiger charge is -2.05. The normalized spacial score (nSPS) is 10.4. The molecule has 0 fully saturated rings. The van der Waals surface area contributed by atoms with E-state index >= 15 is 0 Å². The summed E-state index contributed by atoms with van der Waals surface area (Å²) in [6.45, 7) is 2.25. The molecule has 0 aromatic heterocycles. The van der Waals surface area contributed by atoms with Crippen molar-refractivity contribution in [3.05, 3.63) is 54.1 Å². The first kappa shape index (κ1) is 16.6. The molecule has 0 unspecified atom stereocenters. The molecule has 22 heavy (non-hydrogen) atoms. The fraction of sp³-hybridized carbons (Fsp3) is 0.350. The molecule has 0 aliphatic heterocycles. The Bertz CT molecular complexity index is 593. The molecule has 0 atom stereocenters. The maximum Gasteiger partial charge on any atom is 0.138 e. The van der Waals surface area contributed by atoms with Gasteiger partial charge in [0.2, 0.25) is 0 Å². The predicted molar refractivity (Wildman–Crippen MR) is 95.8 cm³/mol. The Balaban J connectivity index is 1.89. The number of rotatable bonds is 8. The Hall–Kier alpha value is -1.72. The maximum atomic E-state index is 8.67. The van der Waals surface area contributed by atoms with E-state index in [1.165, 1.54) is 67.0 Å². The van der Waals surface area contributed by atoms with Gasteiger partial charge in [-0.2, -0.15) is 5.26 Å². The van der Waals surface area contributed by atoms with Crippen molar-refractivity contribution in [2.75, 3.05) is 0 Å². The Kier molecular flexibility index (Phi) is 7.06. The molecule has 0 spiro atoms. The van der Waals surface area contributed by atoms with Gasteiger partial charge in [-0.25, -0.2) is 0 Å². The van der Waals surface area contributed by atoms with Crippen molar-refractivity contribution in [3.63, 3.8) is 0 Å². The first-order chi connectivity index (χ1) is 10.8. The fourth-order valence-corrected chi connectivity index (χ4v) is 2.94. The summed E-state index contributed by atoms with van der Waals surface area (Å²) in [5, 5.41) is 10.8. The van der Waals surface area contributed by atoms with E-state index in [0.29, 0.717) is 0 Å². The largest absolute Gasteiger partial charge is 0.185 e. The van der Waals surface area contributed by atoms with E-state index in [4.69, 9.17) is 5.26 Å². The SMILES string of the molecule is CCCCCCCc1ccc(-c2ccc(SC#N)cc2)cc1. The van der Waals surface area contributed by atoms with Crippen LogP contribution in [0.25, 0.3) is 11.1 Å². The van der Waals surface area contributed by atoms with Crippen LogP contribution in [0, 0.1) is 10.7 Å². The zero-order valence-corrected chi connectivity index (χ0v) is 14.0. The number of hydrogen-bond donors (Lipinski definition) is 0. The van der Waals surface area contributed by atoms with E-state index in [1.54, 1.807) is 0 Å². The summed E-state index contributed by atoms with van der Waals surface area (Å²) in [7, 11) is 0. The van der Waals surface area contributed by atoms with Crippen LogP contribution < -0.4 is 0 Å². The lowest BCUT2D eigenvalue weighted by molar-refractivity contribution is 0.632. The lowest BCUT2D eigenvalue weighted by Crippen LogP contribution is -1.86. The molecule has 1 nitrogen and oxygen atoms in total. The number of aryl methyl sites for hydroxylation is 1. The number of nitriles is 1. The van der Waals surface area contributed by atoms with Crippen molar-refractivity contribution in [3.8, 4) is 16.5 Å². The van der Waals surface area contributed by atoms with Crippen LogP contribution in [0.1, 0.15) is 44.6 Å². The van der Waals surface area contributed by atoms with Gasteiger partial charge in [0.05, 0.1) is 0 Å². The molecule has 0 radical (unpaired) electrons. The Morgan fingerprint density at radius 2 is 1.41 bits per heavy atom.